The molecule has 102 valence electrons. The first-order valence-corrected chi connectivity index (χ1v) is 7.50. The van der Waals surface area contributed by atoms with Crippen molar-refractivity contribution in [2.45, 2.75) is 4.90 Å². The number of rotatable bonds is 3. The maximum atomic E-state index is 5.98. The van der Waals surface area contributed by atoms with E-state index >= 15 is 0 Å². The van der Waals surface area contributed by atoms with E-state index in [-0.39, 0.29) is 0 Å². The second-order valence-electron chi connectivity index (χ2n) is 4.35. The molecule has 0 atom stereocenters. The summed E-state index contributed by atoms with van der Waals surface area (Å²) in [5.41, 5.74) is 2.11. The van der Waals surface area contributed by atoms with Crippen molar-refractivity contribution in [1.29, 1.82) is 0 Å². The van der Waals surface area contributed by atoms with E-state index in [2.05, 4.69) is 15.9 Å². The van der Waals surface area contributed by atoms with Gasteiger partial charge in [-0.3, -0.25) is 4.68 Å². The van der Waals surface area contributed by atoms with Gasteiger partial charge in [0.15, 0.2) is 0 Å². The molecule has 3 nitrogen and oxygen atoms in total. The quantitative estimate of drug-likeness (QED) is 0.688. The Morgan fingerprint density at radius 3 is 2.60 bits per heavy atom. The minimum atomic E-state index is 0.629. The molecule has 2 aromatic carbocycles. The fourth-order valence-electron chi connectivity index (χ4n) is 1.93. The van der Waals surface area contributed by atoms with Gasteiger partial charge >= 0.3 is 0 Å². The molecule has 3 rings (SSSR count). The molecule has 0 fully saturated rings. The summed E-state index contributed by atoms with van der Waals surface area (Å²) in [6.45, 7) is 0. The summed E-state index contributed by atoms with van der Waals surface area (Å²) < 4.78 is 5.13. The third kappa shape index (κ3) is 2.87. The normalized spacial score (nSPS) is 10.9. The average Bonchev–Trinajstić information content (AvgIpc) is 2.77. The van der Waals surface area contributed by atoms with Gasteiger partial charge in [0.2, 0.25) is 0 Å². The average molecular weight is 324 g/mol. The highest BCUT2D eigenvalue weighted by Crippen LogP contribution is 2.28. The fourth-order valence-corrected chi connectivity index (χ4v) is 3.32. The Morgan fingerprint density at radius 1 is 1.10 bits per heavy atom. The van der Waals surface area contributed by atoms with E-state index in [0.29, 0.717) is 10.0 Å². The van der Waals surface area contributed by atoms with Gasteiger partial charge in [0.05, 0.1) is 11.7 Å². The SMILES string of the molecule is Cn1ncc2cc(NSc3cc(Cl)cc(Cl)c3)ccc21. The standard InChI is InChI=1S/C14H11Cl2N3S/c1-19-14-3-2-12(4-9(14)8-17-19)18-20-13-6-10(15)5-11(16)7-13/h2-8,18H,1H3. The number of benzene rings is 2. The third-order valence-corrected chi connectivity index (χ3v) is 4.11. The van der Waals surface area contributed by atoms with Gasteiger partial charge in [-0.2, -0.15) is 5.10 Å². The lowest BCUT2D eigenvalue weighted by atomic mass is 10.2. The molecule has 1 N–H and O–H groups in total. The van der Waals surface area contributed by atoms with Crippen molar-refractivity contribution < 1.29 is 0 Å². The summed E-state index contributed by atoms with van der Waals surface area (Å²) in [7, 11) is 1.93. The summed E-state index contributed by atoms with van der Waals surface area (Å²) >= 11 is 13.4. The van der Waals surface area contributed by atoms with Crippen LogP contribution < -0.4 is 4.72 Å². The highest BCUT2D eigenvalue weighted by atomic mass is 35.5. The van der Waals surface area contributed by atoms with Crippen LogP contribution in [-0.2, 0) is 7.05 Å². The van der Waals surface area contributed by atoms with Gasteiger partial charge in [-0.15, -0.1) is 0 Å². The van der Waals surface area contributed by atoms with Gasteiger partial charge in [0.1, 0.15) is 0 Å². The molecule has 0 spiro atoms. The fraction of sp³-hybridized carbons (Fsp3) is 0.0714. The number of hydrogen-bond acceptors (Lipinski definition) is 3. The molecule has 0 amide bonds. The molecule has 1 heterocycles. The van der Waals surface area contributed by atoms with Crippen LogP contribution in [0.15, 0.2) is 47.5 Å². The van der Waals surface area contributed by atoms with Crippen molar-refractivity contribution >= 4 is 51.7 Å². The number of fused-ring (bicyclic) bond motifs is 1. The molecule has 0 saturated carbocycles. The molecule has 0 aliphatic carbocycles. The highest BCUT2D eigenvalue weighted by Gasteiger charge is 2.03. The first-order valence-electron chi connectivity index (χ1n) is 5.92. The number of aromatic nitrogens is 2. The Morgan fingerprint density at radius 2 is 1.85 bits per heavy atom. The largest absolute Gasteiger partial charge is 0.326 e. The zero-order chi connectivity index (χ0) is 14.1. The predicted molar refractivity (Wildman–Crippen MR) is 86.7 cm³/mol. The van der Waals surface area contributed by atoms with Crippen LogP contribution in [0.2, 0.25) is 10.0 Å². The van der Waals surface area contributed by atoms with Crippen LogP contribution in [0.3, 0.4) is 0 Å². The third-order valence-electron chi connectivity index (χ3n) is 2.87. The van der Waals surface area contributed by atoms with Crippen LogP contribution in [0.25, 0.3) is 10.9 Å². The summed E-state index contributed by atoms with van der Waals surface area (Å²) in [6.07, 6.45) is 1.85. The summed E-state index contributed by atoms with van der Waals surface area (Å²) in [5, 5.41) is 6.58. The number of anilines is 1. The molecular formula is C14H11Cl2N3S. The smallest absolute Gasteiger partial charge is 0.0680 e. The Bertz CT molecular complexity index is 750. The van der Waals surface area contributed by atoms with E-state index in [1.54, 1.807) is 6.07 Å². The van der Waals surface area contributed by atoms with E-state index < -0.39 is 0 Å². The monoisotopic (exact) mass is 323 g/mol. The second kappa shape index (κ2) is 5.56. The minimum Gasteiger partial charge on any atom is -0.326 e. The Balaban J connectivity index is 1.79. The number of halogens is 2. The first kappa shape index (κ1) is 13.6. The molecule has 0 saturated heterocycles. The maximum Gasteiger partial charge on any atom is 0.0680 e. The van der Waals surface area contributed by atoms with Gasteiger partial charge in [-0.05, 0) is 48.3 Å². The first-order chi connectivity index (χ1) is 9.61. The lowest BCUT2D eigenvalue weighted by Crippen LogP contribution is -1.89. The van der Waals surface area contributed by atoms with E-state index in [0.717, 1.165) is 21.5 Å². The van der Waals surface area contributed by atoms with Crippen LogP contribution in [0.5, 0.6) is 0 Å². The van der Waals surface area contributed by atoms with E-state index in [1.165, 1.54) is 11.9 Å². The van der Waals surface area contributed by atoms with Crippen LogP contribution in [0, 0.1) is 0 Å². The zero-order valence-corrected chi connectivity index (χ0v) is 12.9. The van der Waals surface area contributed by atoms with Crippen LogP contribution in [-0.4, -0.2) is 9.78 Å². The zero-order valence-electron chi connectivity index (χ0n) is 10.6. The van der Waals surface area contributed by atoms with Crippen molar-refractivity contribution in [1.82, 2.24) is 9.78 Å². The highest BCUT2D eigenvalue weighted by molar-refractivity contribution is 8.00. The maximum absolute atomic E-state index is 5.98. The van der Waals surface area contributed by atoms with Crippen molar-refractivity contribution in [2.75, 3.05) is 4.72 Å². The van der Waals surface area contributed by atoms with E-state index in [1.807, 2.05) is 42.2 Å². The van der Waals surface area contributed by atoms with Gasteiger partial charge in [-0.1, -0.05) is 23.2 Å². The molecule has 6 heteroatoms. The van der Waals surface area contributed by atoms with Crippen LogP contribution >= 0.6 is 35.1 Å². The molecule has 1 aromatic heterocycles. The Hall–Kier alpha value is -1.36. The topological polar surface area (TPSA) is 29.9 Å². The van der Waals surface area contributed by atoms with Gasteiger partial charge < -0.3 is 4.72 Å². The van der Waals surface area contributed by atoms with Crippen LogP contribution in [0.4, 0.5) is 5.69 Å². The van der Waals surface area contributed by atoms with Crippen molar-refractivity contribution in [2.24, 2.45) is 7.05 Å². The molecule has 3 aromatic rings. The number of aryl methyl sites for hydroxylation is 1. The molecule has 0 aliphatic heterocycles. The molecule has 20 heavy (non-hydrogen) atoms. The molecule has 0 bridgehead atoms. The molecule has 0 unspecified atom stereocenters. The lowest BCUT2D eigenvalue weighted by Gasteiger charge is -2.06. The van der Waals surface area contributed by atoms with Gasteiger partial charge in [0.25, 0.3) is 0 Å². The predicted octanol–water partition coefficient (Wildman–Crippen LogP) is 5.00. The minimum absolute atomic E-state index is 0.629. The van der Waals surface area contributed by atoms with E-state index in [4.69, 9.17) is 23.2 Å². The molecular weight excluding hydrogens is 313 g/mol. The van der Waals surface area contributed by atoms with Crippen molar-refractivity contribution in [3.63, 3.8) is 0 Å². The Kier molecular flexibility index (Phi) is 3.78. The summed E-state index contributed by atoms with van der Waals surface area (Å²) in [6, 6.07) is 11.6. The summed E-state index contributed by atoms with van der Waals surface area (Å²) in [5.74, 6) is 0. The van der Waals surface area contributed by atoms with Gasteiger partial charge in [0, 0.05) is 33.1 Å². The molecule has 0 aliphatic rings. The van der Waals surface area contributed by atoms with Gasteiger partial charge in [-0.25, -0.2) is 0 Å². The van der Waals surface area contributed by atoms with E-state index in [9.17, 15) is 0 Å². The molecule has 0 radical (unpaired) electrons. The number of nitrogens with one attached hydrogen (secondary N) is 1. The second-order valence-corrected chi connectivity index (χ2v) is 6.10. The summed E-state index contributed by atoms with van der Waals surface area (Å²) in [4.78, 5) is 0.966. The number of hydrogen-bond donors (Lipinski definition) is 1. The van der Waals surface area contributed by atoms with Crippen LogP contribution in [0.1, 0.15) is 0 Å². The Labute approximate surface area is 131 Å². The lowest BCUT2D eigenvalue weighted by molar-refractivity contribution is 0.797. The van der Waals surface area contributed by atoms with Crippen molar-refractivity contribution in [3.8, 4) is 0 Å². The number of nitrogens with zero attached hydrogens (tertiary/aromatic N) is 2. The van der Waals surface area contributed by atoms with Crippen molar-refractivity contribution in [3.05, 3.63) is 52.6 Å².